The highest BCUT2D eigenvalue weighted by Crippen LogP contribution is 2.23. The van der Waals surface area contributed by atoms with E-state index in [-0.39, 0.29) is 13.3 Å². The lowest BCUT2D eigenvalue weighted by molar-refractivity contribution is -0.116. The molecule has 1 aliphatic heterocycles. The molecule has 3 N–H and O–H groups in total. The van der Waals surface area contributed by atoms with Crippen LogP contribution in [0.2, 0.25) is 0 Å². The minimum Gasteiger partial charge on any atom is -0.399 e. The Labute approximate surface area is 84.3 Å². The van der Waals surface area contributed by atoms with E-state index in [1.807, 2.05) is 18.2 Å². The summed E-state index contributed by atoms with van der Waals surface area (Å²) < 4.78 is 0. The molecule has 1 aromatic carbocycles. The Kier molecular flexibility index (Phi) is 3.12. The average molecular weight is 192 g/mol. The van der Waals surface area contributed by atoms with Crippen molar-refractivity contribution in [3.05, 3.63) is 23.8 Å². The number of carbonyl (C=O) groups is 1. The highest BCUT2D eigenvalue weighted by Gasteiger charge is 2.11. The lowest BCUT2D eigenvalue weighted by Crippen LogP contribution is -2.09. The first kappa shape index (κ1) is 10.6. The van der Waals surface area contributed by atoms with E-state index in [1.165, 1.54) is 0 Å². The summed E-state index contributed by atoms with van der Waals surface area (Å²) >= 11 is 0. The molecule has 0 atom stereocenters. The Morgan fingerprint density at radius 2 is 2.07 bits per heavy atom. The van der Waals surface area contributed by atoms with Crippen LogP contribution in [0.15, 0.2) is 18.2 Å². The molecule has 3 heteroatoms. The van der Waals surface area contributed by atoms with Crippen molar-refractivity contribution in [2.24, 2.45) is 0 Å². The lowest BCUT2D eigenvalue weighted by Gasteiger charge is -2.06. The van der Waals surface area contributed by atoms with Crippen LogP contribution in [0.3, 0.4) is 0 Å². The molecule has 0 saturated heterocycles. The first-order valence-corrected chi connectivity index (χ1v) is 4.44. The van der Waals surface area contributed by atoms with Crippen molar-refractivity contribution in [3.8, 4) is 0 Å². The van der Waals surface area contributed by atoms with Crippen LogP contribution >= 0.6 is 0 Å². The Morgan fingerprint density at radius 3 is 2.86 bits per heavy atom. The number of benzene rings is 1. The molecule has 0 spiro atoms. The van der Waals surface area contributed by atoms with E-state index in [0.717, 1.165) is 29.8 Å². The predicted molar refractivity (Wildman–Crippen MR) is 59.2 cm³/mol. The quantitative estimate of drug-likeness (QED) is 0.619. The standard InChI is InChI=1S/C10H12N2O.CH4/c11-8-4-5-9-7(6-8)2-1-3-10(13)12-9;/h4-6H,1-3,11H2,(H,12,13);1H4. The van der Waals surface area contributed by atoms with E-state index in [9.17, 15) is 4.79 Å². The summed E-state index contributed by atoms with van der Waals surface area (Å²) in [5.41, 5.74) is 8.47. The predicted octanol–water partition coefficient (Wildman–Crippen LogP) is 2.18. The third kappa shape index (κ3) is 2.05. The molecule has 1 heterocycles. The van der Waals surface area contributed by atoms with Gasteiger partial charge < -0.3 is 11.1 Å². The van der Waals surface area contributed by atoms with Crippen LogP contribution in [0.5, 0.6) is 0 Å². The molecule has 0 fully saturated rings. The van der Waals surface area contributed by atoms with E-state index in [2.05, 4.69) is 5.32 Å². The molecule has 0 saturated carbocycles. The molecular formula is C11H16N2O. The number of hydrogen-bond acceptors (Lipinski definition) is 2. The zero-order chi connectivity index (χ0) is 9.26. The van der Waals surface area contributed by atoms with Crippen LogP contribution in [0, 0.1) is 0 Å². The molecule has 1 aromatic rings. The molecule has 0 unspecified atom stereocenters. The van der Waals surface area contributed by atoms with Gasteiger partial charge in [0.25, 0.3) is 0 Å². The number of fused-ring (bicyclic) bond motifs is 1. The molecule has 0 aliphatic carbocycles. The van der Waals surface area contributed by atoms with Crippen LogP contribution in [0.1, 0.15) is 25.8 Å². The van der Waals surface area contributed by atoms with Crippen LogP contribution < -0.4 is 11.1 Å². The topological polar surface area (TPSA) is 55.1 Å². The van der Waals surface area contributed by atoms with Gasteiger partial charge in [0, 0.05) is 17.8 Å². The number of aryl methyl sites for hydroxylation is 1. The molecule has 1 amide bonds. The first-order valence-electron chi connectivity index (χ1n) is 4.44. The summed E-state index contributed by atoms with van der Waals surface area (Å²) in [6.45, 7) is 0. The molecule has 1 aliphatic rings. The van der Waals surface area contributed by atoms with Crippen molar-refractivity contribution in [1.82, 2.24) is 0 Å². The minimum absolute atomic E-state index is 0. The second-order valence-corrected chi connectivity index (χ2v) is 3.32. The van der Waals surface area contributed by atoms with Crippen LogP contribution in [-0.4, -0.2) is 5.91 Å². The highest BCUT2D eigenvalue weighted by molar-refractivity contribution is 5.92. The van der Waals surface area contributed by atoms with Crippen molar-refractivity contribution in [3.63, 3.8) is 0 Å². The summed E-state index contributed by atoms with van der Waals surface area (Å²) in [4.78, 5) is 11.2. The van der Waals surface area contributed by atoms with Crippen molar-refractivity contribution in [2.45, 2.75) is 26.7 Å². The van der Waals surface area contributed by atoms with E-state index in [4.69, 9.17) is 5.73 Å². The summed E-state index contributed by atoms with van der Waals surface area (Å²) in [6.07, 6.45) is 2.44. The third-order valence-electron chi connectivity index (χ3n) is 2.25. The largest absolute Gasteiger partial charge is 0.399 e. The average Bonchev–Trinajstić information content (AvgIpc) is 2.25. The summed E-state index contributed by atoms with van der Waals surface area (Å²) in [5.74, 6) is 0.100. The van der Waals surface area contributed by atoms with Gasteiger partial charge in [0.2, 0.25) is 5.91 Å². The van der Waals surface area contributed by atoms with Gasteiger partial charge in [-0.05, 0) is 36.6 Å². The molecule has 0 radical (unpaired) electrons. The van der Waals surface area contributed by atoms with Gasteiger partial charge in [-0.3, -0.25) is 4.79 Å². The SMILES string of the molecule is C.Nc1ccc2c(c1)CCCC(=O)N2. The molecule has 3 nitrogen and oxygen atoms in total. The van der Waals surface area contributed by atoms with Gasteiger partial charge in [0.1, 0.15) is 0 Å². The summed E-state index contributed by atoms with van der Waals surface area (Å²) in [7, 11) is 0. The number of anilines is 2. The number of nitrogen functional groups attached to an aromatic ring is 1. The van der Waals surface area contributed by atoms with Crippen molar-refractivity contribution < 1.29 is 4.79 Å². The van der Waals surface area contributed by atoms with Crippen molar-refractivity contribution in [2.75, 3.05) is 11.1 Å². The Hall–Kier alpha value is -1.51. The molecule has 0 bridgehead atoms. The minimum atomic E-state index is 0. The van der Waals surface area contributed by atoms with Gasteiger partial charge in [-0.2, -0.15) is 0 Å². The Morgan fingerprint density at radius 1 is 1.29 bits per heavy atom. The zero-order valence-electron chi connectivity index (χ0n) is 7.34. The summed E-state index contributed by atoms with van der Waals surface area (Å²) in [6, 6.07) is 5.61. The number of hydrogen-bond donors (Lipinski definition) is 2. The number of nitrogens with one attached hydrogen (secondary N) is 1. The first-order chi connectivity index (χ1) is 6.25. The maximum Gasteiger partial charge on any atom is 0.224 e. The van der Waals surface area contributed by atoms with Crippen LogP contribution in [0.4, 0.5) is 11.4 Å². The van der Waals surface area contributed by atoms with E-state index >= 15 is 0 Å². The maximum atomic E-state index is 11.2. The van der Waals surface area contributed by atoms with Crippen LogP contribution in [0.25, 0.3) is 0 Å². The molecule has 0 aromatic heterocycles. The smallest absolute Gasteiger partial charge is 0.224 e. The molecular weight excluding hydrogens is 176 g/mol. The molecule has 14 heavy (non-hydrogen) atoms. The van der Waals surface area contributed by atoms with Gasteiger partial charge in [-0.25, -0.2) is 0 Å². The highest BCUT2D eigenvalue weighted by atomic mass is 16.1. The van der Waals surface area contributed by atoms with E-state index in [0.29, 0.717) is 6.42 Å². The second-order valence-electron chi connectivity index (χ2n) is 3.32. The van der Waals surface area contributed by atoms with Gasteiger partial charge in [-0.1, -0.05) is 7.43 Å². The Bertz CT molecular complexity index is 347. The number of rotatable bonds is 0. The normalized spacial score (nSPS) is 14.7. The van der Waals surface area contributed by atoms with Gasteiger partial charge in [-0.15, -0.1) is 0 Å². The summed E-state index contributed by atoms with van der Waals surface area (Å²) in [5, 5.41) is 2.86. The number of nitrogens with two attached hydrogens (primary N) is 1. The fourth-order valence-corrected chi connectivity index (χ4v) is 1.59. The van der Waals surface area contributed by atoms with Crippen molar-refractivity contribution in [1.29, 1.82) is 0 Å². The molecule has 2 rings (SSSR count). The third-order valence-corrected chi connectivity index (χ3v) is 2.25. The number of amides is 1. The van der Waals surface area contributed by atoms with Gasteiger partial charge in [0.15, 0.2) is 0 Å². The zero-order valence-corrected chi connectivity index (χ0v) is 7.34. The van der Waals surface area contributed by atoms with Gasteiger partial charge >= 0.3 is 0 Å². The van der Waals surface area contributed by atoms with Crippen molar-refractivity contribution >= 4 is 17.3 Å². The fraction of sp³-hybridized carbons (Fsp3) is 0.364. The van der Waals surface area contributed by atoms with E-state index in [1.54, 1.807) is 0 Å². The Balaban J connectivity index is 0.000000980. The number of carbonyl (C=O) groups excluding carboxylic acids is 1. The van der Waals surface area contributed by atoms with Gasteiger partial charge in [0.05, 0.1) is 0 Å². The fourth-order valence-electron chi connectivity index (χ4n) is 1.59. The molecule has 76 valence electrons. The van der Waals surface area contributed by atoms with Crippen LogP contribution in [-0.2, 0) is 11.2 Å². The lowest BCUT2D eigenvalue weighted by atomic mass is 10.1. The second kappa shape index (κ2) is 4.13. The van der Waals surface area contributed by atoms with E-state index < -0.39 is 0 Å². The monoisotopic (exact) mass is 192 g/mol. The maximum absolute atomic E-state index is 11.2.